The van der Waals surface area contributed by atoms with E-state index < -0.39 is 0 Å². The molecule has 2 saturated carbocycles. The molecule has 0 spiro atoms. The highest BCUT2D eigenvalue weighted by Gasteiger charge is 2.47. The minimum absolute atomic E-state index is 0.0371. The molecule has 0 heterocycles. The normalized spacial score (nSPS) is 39.1. The van der Waals surface area contributed by atoms with E-state index in [9.17, 15) is 4.79 Å². The molecular weight excluding hydrogens is 178 g/mol. The molecule has 4 unspecified atom stereocenters. The van der Waals surface area contributed by atoms with E-state index in [0.717, 1.165) is 19.3 Å². The number of fused-ring (bicyclic) bond motifs is 2. The van der Waals surface area contributed by atoms with Crippen molar-refractivity contribution in [2.24, 2.45) is 17.8 Å². The lowest BCUT2D eigenvalue weighted by molar-refractivity contribution is -0.145. The Labute approximate surface area is 83.4 Å². The van der Waals surface area contributed by atoms with E-state index in [0.29, 0.717) is 11.8 Å². The average molecular weight is 191 g/mol. The van der Waals surface area contributed by atoms with Crippen molar-refractivity contribution in [3.8, 4) is 6.07 Å². The van der Waals surface area contributed by atoms with Crippen LogP contribution in [0.1, 0.15) is 19.3 Å². The molecule has 74 valence electrons. The van der Waals surface area contributed by atoms with Gasteiger partial charge in [-0.1, -0.05) is 6.58 Å². The maximum absolute atomic E-state index is 11.0. The van der Waals surface area contributed by atoms with E-state index in [-0.39, 0.29) is 18.0 Å². The van der Waals surface area contributed by atoms with Crippen LogP contribution < -0.4 is 0 Å². The lowest BCUT2D eigenvalue weighted by atomic mass is 9.88. The number of esters is 1. The summed E-state index contributed by atoms with van der Waals surface area (Å²) in [5.41, 5.74) is 0. The second-order valence-corrected chi connectivity index (χ2v) is 4.14. The van der Waals surface area contributed by atoms with Gasteiger partial charge in [0.15, 0.2) is 0 Å². The summed E-state index contributed by atoms with van der Waals surface area (Å²) in [6.45, 7) is 3.37. The number of ether oxygens (including phenoxy) is 1. The fraction of sp³-hybridized carbons (Fsp3) is 0.636. The van der Waals surface area contributed by atoms with Crippen molar-refractivity contribution in [1.82, 2.24) is 0 Å². The number of rotatable bonds is 2. The largest absolute Gasteiger partial charge is 0.459 e. The lowest BCUT2D eigenvalue weighted by Crippen LogP contribution is -2.26. The Balaban J connectivity index is 1.94. The molecule has 3 nitrogen and oxygen atoms in total. The molecule has 2 aliphatic carbocycles. The third-order valence-electron chi connectivity index (χ3n) is 3.39. The van der Waals surface area contributed by atoms with Gasteiger partial charge in [0.1, 0.15) is 6.10 Å². The maximum atomic E-state index is 11.0. The van der Waals surface area contributed by atoms with Crippen LogP contribution in [0.3, 0.4) is 0 Å². The number of nitriles is 1. The highest BCUT2D eigenvalue weighted by atomic mass is 16.5. The predicted octanol–water partition coefficient (Wildman–Crippen LogP) is 1.65. The van der Waals surface area contributed by atoms with Crippen LogP contribution in [0.5, 0.6) is 0 Å². The molecule has 3 heteroatoms. The fourth-order valence-electron chi connectivity index (χ4n) is 2.72. The van der Waals surface area contributed by atoms with Crippen molar-refractivity contribution < 1.29 is 9.53 Å². The van der Waals surface area contributed by atoms with Crippen LogP contribution >= 0.6 is 0 Å². The van der Waals surface area contributed by atoms with E-state index in [1.807, 2.05) is 0 Å². The Morgan fingerprint density at radius 1 is 1.43 bits per heavy atom. The highest BCUT2D eigenvalue weighted by molar-refractivity contribution is 5.81. The summed E-state index contributed by atoms with van der Waals surface area (Å²) >= 11 is 0. The first-order valence-corrected chi connectivity index (χ1v) is 4.97. The van der Waals surface area contributed by atoms with Gasteiger partial charge in [0.25, 0.3) is 0 Å². The quantitative estimate of drug-likeness (QED) is 0.492. The standard InChI is InChI=1S/C11H13NO2/c1-2-11(13)14-10-5-7-3-8(10)4-9(7)6-12/h2,7-10H,1,3-5H2. The first kappa shape index (κ1) is 9.26. The Hall–Kier alpha value is -1.30. The molecule has 2 bridgehead atoms. The van der Waals surface area contributed by atoms with Crippen molar-refractivity contribution in [3.63, 3.8) is 0 Å². The molecule has 0 radical (unpaired) electrons. The average Bonchev–Trinajstić information content (AvgIpc) is 2.75. The van der Waals surface area contributed by atoms with Crippen LogP contribution in [0.2, 0.25) is 0 Å². The molecule has 0 aromatic carbocycles. The summed E-state index contributed by atoms with van der Waals surface area (Å²) in [7, 11) is 0. The van der Waals surface area contributed by atoms with Gasteiger partial charge in [-0.05, 0) is 31.1 Å². The summed E-state index contributed by atoms with van der Waals surface area (Å²) in [5, 5.41) is 8.83. The number of nitrogens with zero attached hydrogens (tertiary/aromatic N) is 1. The van der Waals surface area contributed by atoms with Crippen LogP contribution in [0.15, 0.2) is 12.7 Å². The molecule has 0 saturated heterocycles. The van der Waals surface area contributed by atoms with Crippen molar-refractivity contribution in [2.75, 3.05) is 0 Å². The molecule has 2 fully saturated rings. The van der Waals surface area contributed by atoms with Gasteiger partial charge in [-0.3, -0.25) is 0 Å². The van der Waals surface area contributed by atoms with E-state index in [2.05, 4.69) is 12.6 Å². The second-order valence-electron chi connectivity index (χ2n) is 4.14. The van der Waals surface area contributed by atoms with Crippen LogP contribution in [0.25, 0.3) is 0 Å². The first-order chi connectivity index (χ1) is 6.74. The molecule has 0 aromatic heterocycles. The Morgan fingerprint density at radius 3 is 2.71 bits per heavy atom. The number of carbonyl (C=O) groups excluding carboxylic acids is 1. The zero-order valence-corrected chi connectivity index (χ0v) is 7.98. The minimum Gasteiger partial charge on any atom is -0.459 e. The number of hydrogen-bond acceptors (Lipinski definition) is 3. The molecule has 0 N–H and O–H groups in total. The number of hydrogen-bond donors (Lipinski definition) is 0. The van der Waals surface area contributed by atoms with Gasteiger partial charge in [0.05, 0.1) is 6.07 Å². The van der Waals surface area contributed by atoms with E-state index in [4.69, 9.17) is 10.00 Å². The summed E-state index contributed by atoms with van der Waals surface area (Å²) in [6.07, 6.45) is 4.05. The fourth-order valence-corrected chi connectivity index (χ4v) is 2.72. The maximum Gasteiger partial charge on any atom is 0.330 e. The van der Waals surface area contributed by atoms with Crippen molar-refractivity contribution in [1.29, 1.82) is 5.26 Å². The molecule has 4 atom stereocenters. The van der Waals surface area contributed by atoms with Gasteiger partial charge in [0.2, 0.25) is 0 Å². The van der Waals surface area contributed by atoms with Gasteiger partial charge < -0.3 is 4.74 Å². The third kappa shape index (κ3) is 1.41. The second kappa shape index (κ2) is 3.45. The van der Waals surface area contributed by atoms with Crippen molar-refractivity contribution in [2.45, 2.75) is 25.4 Å². The van der Waals surface area contributed by atoms with Crippen LogP contribution in [0, 0.1) is 29.1 Å². The van der Waals surface area contributed by atoms with Crippen molar-refractivity contribution >= 4 is 5.97 Å². The molecule has 0 aromatic rings. The van der Waals surface area contributed by atoms with Gasteiger partial charge in [0, 0.05) is 12.0 Å². The van der Waals surface area contributed by atoms with Gasteiger partial charge >= 0.3 is 5.97 Å². The zero-order valence-electron chi connectivity index (χ0n) is 7.98. The van der Waals surface area contributed by atoms with E-state index >= 15 is 0 Å². The summed E-state index contributed by atoms with van der Waals surface area (Å²) in [5.74, 6) is 0.718. The van der Waals surface area contributed by atoms with Crippen LogP contribution in [0.4, 0.5) is 0 Å². The first-order valence-electron chi connectivity index (χ1n) is 4.97. The van der Waals surface area contributed by atoms with Gasteiger partial charge in [-0.2, -0.15) is 5.26 Å². The molecular formula is C11H13NO2. The monoisotopic (exact) mass is 191 g/mol. The van der Waals surface area contributed by atoms with E-state index in [1.165, 1.54) is 6.08 Å². The number of carbonyl (C=O) groups is 1. The molecule has 2 aliphatic rings. The Kier molecular flexibility index (Phi) is 2.28. The third-order valence-corrected chi connectivity index (χ3v) is 3.39. The SMILES string of the molecule is C=CC(=O)OC1CC2CC1CC2C#N. The molecule has 0 amide bonds. The molecule has 14 heavy (non-hydrogen) atoms. The predicted molar refractivity (Wildman–Crippen MR) is 50.0 cm³/mol. The minimum atomic E-state index is -0.337. The van der Waals surface area contributed by atoms with Gasteiger partial charge in [-0.15, -0.1) is 0 Å². The molecule has 2 rings (SSSR count). The summed E-state index contributed by atoms with van der Waals surface area (Å²) in [4.78, 5) is 11.0. The Bertz CT molecular complexity index is 305. The van der Waals surface area contributed by atoms with Gasteiger partial charge in [-0.25, -0.2) is 4.79 Å². The topological polar surface area (TPSA) is 50.1 Å². The lowest BCUT2D eigenvalue weighted by Gasteiger charge is -2.23. The zero-order chi connectivity index (χ0) is 10.1. The highest BCUT2D eigenvalue weighted by Crippen LogP contribution is 2.49. The van der Waals surface area contributed by atoms with Crippen molar-refractivity contribution in [3.05, 3.63) is 12.7 Å². The van der Waals surface area contributed by atoms with Crippen LogP contribution in [-0.4, -0.2) is 12.1 Å². The summed E-state index contributed by atoms with van der Waals surface area (Å²) < 4.78 is 5.22. The smallest absolute Gasteiger partial charge is 0.330 e. The van der Waals surface area contributed by atoms with E-state index in [1.54, 1.807) is 0 Å². The van der Waals surface area contributed by atoms with Crippen LogP contribution in [-0.2, 0) is 9.53 Å². The molecule has 0 aliphatic heterocycles. The Morgan fingerprint density at radius 2 is 2.21 bits per heavy atom. The summed E-state index contributed by atoms with van der Waals surface area (Å²) in [6, 6.07) is 2.32.